The molecule has 3 aromatic carbocycles. The number of hydrogen-bond acceptors (Lipinski definition) is 7. The largest absolute Gasteiger partial charge is 0.507 e. The van der Waals surface area contributed by atoms with Crippen LogP contribution in [0.2, 0.25) is 0 Å². The van der Waals surface area contributed by atoms with Crippen molar-refractivity contribution in [3.8, 4) is 17.2 Å². The Balaban J connectivity index is 1.52. The monoisotopic (exact) mass is 495 g/mol. The summed E-state index contributed by atoms with van der Waals surface area (Å²) in [5.74, 6) is 0.210. The zero-order chi connectivity index (χ0) is 24.7. The van der Waals surface area contributed by atoms with Gasteiger partial charge in [0.2, 0.25) is 10.0 Å². The lowest BCUT2D eigenvalue weighted by molar-refractivity contribution is -0.121. The van der Waals surface area contributed by atoms with Gasteiger partial charge >= 0.3 is 0 Å². The number of amides is 1. The molecule has 4 rings (SSSR count). The van der Waals surface area contributed by atoms with Crippen LogP contribution >= 0.6 is 0 Å². The van der Waals surface area contributed by atoms with Gasteiger partial charge in [0, 0.05) is 18.2 Å². The number of carbonyl (C=O) groups is 1. The molecule has 0 spiro atoms. The van der Waals surface area contributed by atoms with Gasteiger partial charge in [0.05, 0.1) is 17.7 Å². The smallest absolute Gasteiger partial charge is 0.255 e. The standard InChI is InChI=1S/C25H25N3O6S/c29-22-9-5-4-8-20(22)17-26-27-25(30)18-28(13-12-19-6-2-1-3-7-19)35(31,32)21-10-11-23-24(16-21)34-15-14-33-23/h1-11,16-17,29H,12-15,18H2,(H,27,30). The molecule has 0 bridgehead atoms. The Hall–Kier alpha value is -3.89. The van der Waals surface area contributed by atoms with E-state index in [1.165, 1.54) is 24.4 Å². The fourth-order valence-electron chi connectivity index (χ4n) is 3.48. The Morgan fingerprint density at radius 2 is 1.71 bits per heavy atom. The number of benzene rings is 3. The maximum Gasteiger partial charge on any atom is 0.255 e. The molecular formula is C25H25N3O6S. The van der Waals surface area contributed by atoms with Crippen LogP contribution in [-0.4, -0.2) is 56.3 Å². The maximum atomic E-state index is 13.5. The summed E-state index contributed by atoms with van der Waals surface area (Å²) in [6.07, 6.45) is 1.70. The molecule has 0 radical (unpaired) electrons. The first kappa shape index (κ1) is 24.2. The van der Waals surface area contributed by atoms with Gasteiger partial charge in [0.1, 0.15) is 19.0 Å². The van der Waals surface area contributed by atoms with Gasteiger partial charge in [0.15, 0.2) is 11.5 Å². The fraction of sp³-hybridized carbons (Fsp3) is 0.200. The number of para-hydroxylation sites is 1. The summed E-state index contributed by atoms with van der Waals surface area (Å²) in [5, 5.41) is 13.6. The van der Waals surface area contributed by atoms with Crippen molar-refractivity contribution < 1.29 is 27.8 Å². The molecule has 2 N–H and O–H groups in total. The zero-order valence-electron chi connectivity index (χ0n) is 18.8. The van der Waals surface area contributed by atoms with Gasteiger partial charge in [-0.2, -0.15) is 9.41 Å². The van der Waals surface area contributed by atoms with Gasteiger partial charge < -0.3 is 14.6 Å². The van der Waals surface area contributed by atoms with Crippen molar-refractivity contribution in [3.05, 3.63) is 83.9 Å². The van der Waals surface area contributed by atoms with Gasteiger partial charge in [-0.25, -0.2) is 13.8 Å². The van der Waals surface area contributed by atoms with Crippen molar-refractivity contribution >= 4 is 22.1 Å². The normalized spacial score (nSPS) is 13.2. The first-order chi connectivity index (χ1) is 16.9. The minimum atomic E-state index is -4.04. The number of nitrogens with one attached hydrogen (secondary N) is 1. The zero-order valence-corrected chi connectivity index (χ0v) is 19.6. The summed E-state index contributed by atoms with van der Waals surface area (Å²) in [4.78, 5) is 12.6. The fourth-order valence-corrected chi connectivity index (χ4v) is 4.89. The van der Waals surface area contributed by atoms with Crippen LogP contribution < -0.4 is 14.9 Å². The molecule has 0 atom stereocenters. The van der Waals surface area contributed by atoms with Gasteiger partial charge in [0.25, 0.3) is 5.91 Å². The SMILES string of the molecule is O=C(CN(CCc1ccccc1)S(=O)(=O)c1ccc2c(c1)OCCO2)NN=Cc1ccccc1O. The van der Waals surface area contributed by atoms with E-state index in [2.05, 4.69) is 10.5 Å². The summed E-state index contributed by atoms with van der Waals surface area (Å²) in [7, 11) is -4.04. The molecule has 0 aromatic heterocycles. The molecule has 0 saturated heterocycles. The molecule has 9 nitrogen and oxygen atoms in total. The van der Waals surface area contributed by atoms with E-state index in [0.717, 1.165) is 9.87 Å². The Morgan fingerprint density at radius 1 is 1.00 bits per heavy atom. The molecule has 0 fully saturated rings. The van der Waals surface area contributed by atoms with Crippen molar-refractivity contribution in [3.63, 3.8) is 0 Å². The molecule has 182 valence electrons. The van der Waals surface area contributed by atoms with E-state index in [1.54, 1.807) is 24.3 Å². The van der Waals surface area contributed by atoms with E-state index in [-0.39, 0.29) is 17.2 Å². The summed E-state index contributed by atoms with van der Waals surface area (Å²) in [6, 6.07) is 20.3. The predicted octanol–water partition coefficient (Wildman–Crippen LogP) is 2.55. The number of hydrogen-bond donors (Lipinski definition) is 2. The number of carbonyl (C=O) groups excluding carboxylic acids is 1. The second-order valence-electron chi connectivity index (χ2n) is 7.73. The van der Waals surface area contributed by atoms with Crippen LogP contribution in [0.4, 0.5) is 0 Å². The molecule has 1 aliphatic heterocycles. The van der Waals surface area contributed by atoms with E-state index in [4.69, 9.17) is 9.47 Å². The van der Waals surface area contributed by atoms with Crippen LogP contribution in [0.1, 0.15) is 11.1 Å². The number of fused-ring (bicyclic) bond motifs is 1. The van der Waals surface area contributed by atoms with Crippen LogP contribution in [0.25, 0.3) is 0 Å². The summed E-state index contributed by atoms with van der Waals surface area (Å²) in [6.45, 7) is 0.356. The van der Waals surface area contributed by atoms with Crippen molar-refractivity contribution in [1.82, 2.24) is 9.73 Å². The molecule has 1 heterocycles. The first-order valence-electron chi connectivity index (χ1n) is 11.0. The Morgan fingerprint density at radius 3 is 2.49 bits per heavy atom. The van der Waals surface area contributed by atoms with Crippen LogP contribution in [0.15, 0.2) is 82.8 Å². The number of aromatic hydroxyl groups is 1. The number of rotatable bonds is 9. The van der Waals surface area contributed by atoms with Gasteiger partial charge in [-0.05, 0) is 36.2 Å². The van der Waals surface area contributed by atoms with E-state index in [0.29, 0.717) is 36.7 Å². The lowest BCUT2D eigenvalue weighted by Gasteiger charge is -2.23. The molecule has 35 heavy (non-hydrogen) atoms. The molecule has 1 amide bonds. The van der Waals surface area contributed by atoms with E-state index < -0.39 is 22.5 Å². The minimum Gasteiger partial charge on any atom is -0.507 e. The predicted molar refractivity (Wildman–Crippen MR) is 130 cm³/mol. The van der Waals surface area contributed by atoms with Crippen LogP contribution in [0.3, 0.4) is 0 Å². The third-order valence-corrected chi connectivity index (χ3v) is 7.13. The van der Waals surface area contributed by atoms with Gasteiger partial charge in [-0.15, -0.1) is 0 Å². The van der Waals surface area contributed by atoms with Gasteiger partial charge in [-0.1, -0.05) is 42.5 Å². The van der Waals surface area contributed by atoms with Crippen LogP contribution in [0.5, 0.6) is 17.2 Å². The molecular weight excluding hydrogens is 470 g/mol. The Kier molecular flexibility index (Phi) is 7.64. The topological polar surface area (TPSA) is 118 Å². The van der Waals surface area contributed by atoms with E-state index in [1.807, 2.05) is 30.3 Å². The summed E-state index contributed by atoms with van der Waals surface area (Å²) in [5.41, 5.74) is 3.68. The van der Waals surface area contributed by atoms with E-state index >= 15 is 0 Å². The van der Waals surface area contributed by atoms with E-state index in [9.17, 15) is 18.3 Å². The third-order valence-electron chi connectivity index (χ3n) is 5.29. The van der Waals surface area contributed by atoms with Crippen molar-refractivity contribution in [2.24, 2.45) is 5.10 Å². The van der Waals surface area contributed by atoms with Gasteiger partial charge in [-0.3, -0.25) is 4.79 Å². The highest BCUT2D eigenvalue weighted by molar-refractivity contribution is 7.89. The number of sulfonamides is 1. The molecule has 3 aromatic rings. The molecule has 0 unspecified atom stereocenters. The third kappa shape index (κ3) is 6.17. The number of ether oxygens (including phenoxy) is 2. The Labute approximate surface area is 203 Å². The quantitative estimate of drug-likeness (QED) is 0.348. The molecule has 10 heteroatoms. The highest BCUT2D eigenvalue weighted by atomic mass is 32.2. The summed E-state index contributed by atoms with van der Waals surface area (Å²) >= 11 is 0. The minimum absolute atomic E-state index is 0.000297. The molecule has 0 saturated carbocycles. The highest BCUT2D eigenvalue weighted by Crippen LogP contribution is 2.33. The van der Waals surface area contributed by atoms with Crippen LogP contribution in [0, 0.1) is 0 Å². The van der Waals surface area contributed by atoms with Crippen molar-refractivity contribution in [1.29, 1.82) is 0 Å². The number of phenolic OH excluding ortho intramolecular Hbond substituents is 1. The average molecular weight is 496 g/mol. The number of nitrogens with zero attached hydrogens (tertiary/aromatic N) is 2. The van der Waals surface area contributed by atoms with Crippen molar-refractivity contribution in [2.75, 3.05) is 26.3 Å². The van der Waals surface area contributed by atoms with Crippen molar-refractivity contribution in [2.45, 2.75) is 11.3 Å². The second kappa shape index (κ2) is 11.0. The van der Waals surface area contributed by atoms with Crippen LogP contribution in [-0.2, 0) is 21.2 Å². The lowest BCUT2D eigenvalue weighted by atomic mass is 10.1. The highest BCUT2D eigenvalue weighted by Gasteiger charge is 2.28. The molecule has 1 aliphatic rings. The number of hydrazone groups is 1. The molecule has 0 aliphatic carbocycles. The summed E-state index contributed by atoms with van der Waals surface area (Å²) < 4.78 is 39.1. The lowest BCUT2D eigenvalue weighted by Crippen LogP contribution is -2.40. The maximum absolute atomic E-state index is 13.5. The average Bonchev–Trinajstić information content (AvgIpc) is 2.88. The Bertz CT molecular complexity index is 1310. The first-order valence-corrected chi connectivity index (χ1v) is 12.4. The number of phenols is 1. The second-order valence-corrected chi connectivity index (χ2v) is 9.67.